The number of anilines is 2. The Morgan fingerprint density at radius 2 is 1.83 bits per heavy atom. The van der Waals surface area contributed by atoms with Crippen LogP contribution in [0.3, 0.4) is 0 Å². The lowest BCUT2D eigenvalue weighted by Gasteiger charge is -2.24. The third-order valence-electron chi connectivity index (χ3n) is 4.80. The second-order valence-electron chi connectivity index (χ2n) is 7.42. The van der Waals surface area contributed by atoms with E-state index in [0.29, 0.717) is 5.95 Å². The second kappa shape index (κ2) is 7.50. The van der Waals surface area contributed by atoms with Crippen LogP contribution in [0.5, 0.6) is 0 Å². The summed E-state index contributed by atoms with van der Waals surface area (Å²) in [6.07, 6.45) is 2.02. The minimum absolute atomic E-state index is 0.155. The predicted molar refractivity (Wildman–Crippen MR) is 111 cm³/mol. The van der Waals surface area contributed by atoms with Gasteiger partial charge in [0, 0.05) is 11.6 Å². The lowest BCUT2D eigenvalue weighted by Crippen LogP contribution is -2.20. The first-order valence-corrected chi connectivity index (χ1v) is 9.49. The summed E-state index contributed by atoms with van der Waals surface area (Å²) in [6, 6.07) is 14.2. The summed E-state index contributed by atoms with van der Waals surface area (Å²) in [6.45, 7) is 5.65. The van der Waals surface area contributed by atoms with E-state index in [1.54, 1.807) is 16.8 Å². The minimum atomic E-state index is -0.297. The molecular weight excluding hydrogens is 369 g/mol. The Hall–Kier alpha value is -3.48. The van der Waals surface area contributed by atoms with Gasteiger partial charge in [-0.1, -0.05) is 55.8 Å². The number of nitrogens with zero attached hydrogens (tertiary/aromatic N) is 3. The fraction of sp³-hybridized carbons (Fsp3) is 0.227. The van der Waals surface area contributed by atoms with Gasteiger partial charge in [0.1, 0.15) is 11.9 Å². The largest absolute Gasteiger partial charge is 0.324 e. The number of hydrogen-bond acceptors (Lipinski definition) is 4. The van der Waals surface area contributed by atoms with Gasteiger partial charge in [-0.3, -0.25) is 10.1 Å². The van der Waals surface area contributed by atoms with Crippen molar-refractivity contribution in [2.75, 3.05) is 10.6 Å². The van der Waals surface area contributed by atoms with E-state index in [1.165, 1.54) is 17.7 Å². The van der Waals surface area contributed by atoms with Gasteiger partial charge >= 0.3 is 0 Å². The van der Waals surface area contributed by atoms with Crippen molar-refractivity contribution >= 4 is 23.5 Å². The molecule has 1 amide bonds. The molecule has 0 aliphatic carbocycles. The van der Waals surface area contributed by atoms with Gasteiger partial charge in [0.2, 0.25) is 11.9 Å². The Labute approximate surface area is 168 Å². The molecule has 3 aromatic rings. The molecule has 6 nitrogen and oxygen atoms in total. The number of halogens is 1. The maximum absolute atomic E-state index is 13.4. The average molecular weight is 391 g/mol. The number of fused-ring (bicyclic) bond motifs is 1. The molecule has 2 N–H and O–H groups in total. The summed E-state index contributed by atoms with van der Waals surface area (Å²) in [7, 11) is 0. The maximum atomic E-state index is 13.4. The first-order valence-electron chi connectivity index (χ1n) is 9.49. The molecule has 1 unspecified atom stereocenters. The minimum Gasteiger partial charge on any atom is -0.324 e. The molecule has 29 heavy (non-hydrogen) atoms. The van der Waals surface area contributed by atoms with E-state index < -0.39 is 0 Å². The van der Waals surface area contributed by atoms with Gasteiger partial charge in [-0.25, -0.2) is 9.07 Å². The van der Waals surface area contributed by atoms with Crippen LogP contribution in [0.2, 0.25) is 0 Å². The quantitative estimate of drug-likeness (QED) is 0.693. The number of carbonyl (C=O) groups excluding carboxylic acids is 1. The normalized spacial score (nSPS) is 15.5. The zero-order valence-corrected chi connectivity index (χ0v) is 16.5. The lowest BCUT2D eigenvalue weighted by atomic mass is 10.0. The molecule has 0 fully saturated rings. The van der Waals surface area contributed by atoms with E-state index in [4.69, 9.17) is 0 Å². The van der Waals surface area contributed by atoms with Gasteiger partial charge < -0.3 is 5.32 Å². The van der Waals surface area contributed by atoms with Crippen molar-refractivity contribution in [2.45, 2.75) is 26.8 Å². The van der Waals surface area contributed by atoms with Crippen molar-refractivity contribution < 1.29 is 9.18 Å². The Balaban J connectivity index is 1.75. The lowest BCUT2D eigenvalue weighted by molar-refractivity contribution is -0.118. The molecule has 1 atom stereocenters. The van der Waals surface area contributed by atoms with Crippen LogP contribution in [-0.2, 0) is 4.79 Å². The molecule has 2 heterocycles. The SMILES string of the molecule is Cc1ccc(C2=CC(c3ccc(F)cc3)n3nc(NC(=O)C(C)C)nc3N2)cc1. The summed E-state index contributed by atoms with van der Waals surface area (Å²) in [5.41, 5.74) is 3.91. The van der Waals surface area contributed by atoms with Crippen LogP contribution in [0.1, 0.15) is 36.6 Å². The van der Waals surface area contributed by atoms with Crippen LogP contribution >= 0.6 is 0 Å². The summed E-state index contributed by atoms with van der Waals surface area (Å²) in [4.78, 5) is 16.5. The number of amides is 1. The van der Waals surface area contributed by atoms with Gasteiger partial charge in [0.25, 0.3) is 5.95 Å². The molecular formula is C22H22FN5O. The number of allylic oxidation sites excluding steroid dienone is 1. The maximum Gasteiger partial charge on any atom is 0.250 e. The molecule has 0 saturated carbocycles. The fourth-order valence-electron chi connectivity index (χ4n) is 3.10. The van der Waals surface area contributed by atoms with Crippen LogP contribution < -0.4 is 10.6 Å². The third-order valence-corrected chi connectivity index (χ3v) is 4.80. The molecule has 148 valence electrons. The van der Waals surface area contributed by atoms with Crippen molar-refractivity contribution in [3.8, 4) is 0 Å². The van der Waals surface area contributed by atoms with Crippen molar-refractivity contribution in [1.29, 1.82) is 0 Å². The summed E-state index contributed by atoms with van der Waals surface area (Å²) >= 11 is 0. The monoisotopic (exact) mass is 391 g/mol. The molecule has 1 aliphatic rings. The van der Waals surface area contributed by atoms with Gasteiger partial charge in [-0.15, -0.1) is 5.10 Å². The number of benzene rings is 2. The Morgan fingerprint density at radius 1 is 1.14 bits per heavy atom. The van der Waals surface area contributed by atoms with E-state index in [-0.39, 0.29) is 29.6 Å². The highest BCUT2D eigenvalue weighted by Crippen LogP contribution is 2.33. The van der Waals surface area contributed by atoms with Gasteiger partial charge in [0.15, 0.2) is 0 Å². The Kier molecular flexibility index (Phi) is 4.88. The third kappa shape index (κ3) is 3.89. The molecule has 0 saturated heterocycles. The number of rotatable bonds is 4. The van der Waals surface area contributed by atoms with Crippen LogP contribution in [-0.4, -0.2) is 20.7 Å². The highest BCUT2D eigenvalue weighted by atomic mass is 19.1. The summed E-state index contributed by atoms with van der Waals surface area (Å²) in [5, 5.41) is 10.5. The standard InChI is InChI=1S/C22H22FN5O/c1-13(2)20(29)25-21-26-22-24-18(15-6-4-14(3)5-7-15)12-19(28(22)27-21)16-8-10-17(23)11-9-16/h4-13,19H,1-3H3,(H2,24,25,26,27,29). The van der Waals surface area contributed by atoms with Crippen LogP contribution in [0.4, 0.5) is 16.3 Å². The second-order valence-corrected chi connectivity index (χ2v) is 7.42. The Bertz CT molecular complexity index is 1070. The van der Waals surface area contributed by atoms with Gasteiger partial charge in [0.05, 0.1) is 0 Å². The smallest absolute Gasteiger partial charge is 0.250 e. The number of hydrogen-bond donors (Lipinski definition) is 2. The molecule has 1 aliphatic heterocycles. The summed E-state index contributed by atoms with van der Waals surface area (Å²) in [5.74, 6) is 0.109. The van der Waals surface area contributed by atoms with Crippen molar-refractivity contribution in [1.82, 2.24) is 14.8 Å². The molecule has 0 radical (unpaired) electrons. The first kappa shape index (κ1) is 18.9. The Morgan fingerprint density at radius 3 is 2.48 bits per heavy atom. The van der Waals surface area contributed by atoms with Crippen LogP contribution in [0, 0.1) is 18.7 Å². The van der Waals surface area contributed by atoms with E-state index in [1.807, 2.05) is 51.1 Å². The topological polar surface area (TPSA) is 71.8 Å². The first-order chi connectivity index (χ1) is 13.9. The van der Waals surface area contributed by atoms with E-state index in [0.717, 1.165) is 16.8 Å². The number of carbonyl (C=O) groups is 1. The van der Waals surface area contributed by atoms with Crippen molar-refractivity contribution in [3.05, 3.63) is 77.1 Å². The van der Waals surface area contributed by atoms with Gasteiger partial charge in [-0.2, -0.15) is 4.98 Å². The predicted octanol–water partition coefficient (Wildman–Crippen LogP) is 4.38. The van der Waals surface area contributed by atoms with E-state index in [2.05, 4.69) is 20.7 Å². The van der Waals surface area contributed by atoms with Crippen LogP contribution in [0.15, 0.2) is 54.6 Å². The molecule has 0 spiro atoms. The molecule has 1 aromatic heterocycles. The number of aryl methyl sites for hydroxylation is 1. The number of aromatic nitrogens is 3. The molecule has 2 aromatic carbocycles. The molecule has 4 rings (SSSR count). The highest BCUT2D eigenvalue weighted by molar-refractivity contribution is 5.90. The van der Waals surface area contributed by atoms with Crippen molar-refractivity contribution in [3.63, 3.8) is 0 Å². The van der Waals surface area contributed by atoms with E-state index in [9.17, 15) is 9.18 Å². The molecule has 7 heteroatoms. The summed E-state index contributed by atoms with van der Waals surface area (Å²) < 4.78 is 15.1. The zero-order chi connectivity index (χ0) is 20.5. The average Bonchev–Trinajstić information content (AvgIpc) is 3.10. The fourth-order valence-corrected chi connectivity index (χ4v) is 3.10. The zero-order valence-electron chi connectivity index (χ0n) is 16.5. The number of nitrogens with one attached hydrogen (secondary N) is 2. The van der Waals surface area contributed by atoms with E-state index >= 15 is 0 Å². The molecule has 0 bridgehead atoms. The van der Waals surface area contributed by atoms with Crippen molar-refractivity contribution in [2.24, 2.45) is 5.92 Å². The highest BCUT2D eigenvalue weighted by Gasteiger charge is 2.26. The van der Waals surface area contributed by atoms with Crippen LogP contribution in [0.25, 0.3) is 5.70 Å². The van der Waals surface area contributed by atoms with Gasteiger partial charge in [-0.05, 0) is 36.3 Å².